The fraction of sp³-hybridized carbons (Fsp3) is 0.409. The second kappa shape index (κ2) is 8.26. The average Bonchev–Trinajstić information content (AvgIpc) is 3.25. The number of sulfonamides is 1. The lowest BCUT2D eigenvalue weighted by molar-refractivity contribution is -0.123. The second-order valence-corrected chi connectivity index (χ2v) is 9.70. The Balaban J connectivity index is 1.53. The highest BCUT2D eigenvalue weighted by molar-refractivity contribution is 7.89. The standard InChI is InChI=1S/C22H27N3O3S/c23-22(26)20-10-6-14-25(20)18-12-15-24(16-13-18)29(27,28)21-11-5-4-9-19(21)17-7-2-1-3-8-17/h1-5,7-9,11,18,20H,6,10,12-16H2,(H2,23,26). The van der Waals surface area contributed by atoms with Gasteiger partial charge in [0, 0.05) is 24.7 Å². The van der Waals surface area contributed by atoms with Crippen LogP contribution in [0.5, 0.6) is 0 Å². The van der Waals surface area contributed by atoms with Gasteiger partial charge in [-0.25, -0.2) is 8.42 Å². The number of nitrogens with zero attached hydrogens (tertiary/aromatic N) is 2. The predicted octanol–water partition coefficient (Wildman–Crippen LogP) is 2.46. The first-order chi connectivity index (χ1) is 14.0. The van der Waals surface area contributed by atoms with Gasteiger partial charge in [-0.2, -0.15) is 4.31 Å². The number of piperidine rings is 1. The van der Waals surface area contributed by atoms with Crippen molar-refractivity contribution in [2.45, 2.75) is 42.7 Å². The number of carbonyl (C=O) groups excluding carboxylic acids is 1. The predicted molar refractivity (Wildman–Crippen MR) is 113 cm³/mol. The van der Waals surface area contributed by atoms with Crippen molar-refractivity contribution in [2.24, 2.45) is 5.73 Å². The first kappa shape index (κ1) is 20.1. The summed E-state index contributed by atoms with van der Waals surface area (Å²) in [6, 6.07) is 16.8. The molecule has 7 heteroatoms. The minimum absolute atomic E-state index is 0.207. The molecule has 0 radical (unpaired) electrons. The molecule has 2 fully saturated rings. The zero-order valence-electron chi connectivity index (χ0n) is 16.4. The summed E-state index contributed by atoms with van der Waals surface area (Å²) in [5, 5.41) is 0. The van der Waals surface area contributed by atoms with Gasteiger partial charge in [0.25, 0.3) is 0 Å². The van der Waals surface area contributed by atoms with Gasteiger partial charge in [0.15, 0.2) is 0 Å². The van der Waals surface area contributed by atoms with Crippen LogP contribution in [0, 0.1) is 0 Å². The fourth-order valence-electron chi connectivity index (χ4n) is 4.63. The Bertz CT molecular complexity index is 970. The third kappa shape index (κ3) is 3.95. The SMILES string of the molecule is NC(=O)C1CCCN1C1CCN(S(=O)(=O)c2ccccc2-c2ccccc2)CC1. The molecule has 2 saturated heterocycles. The Morgan fingerprint density at radius 1 is 0.897 bits per heavy atom. The molecular weight excluding hydrogens is 386 g/mol. The summed E-state index contributed by atoms with van der Waals surface area (Å²) in [5.41, 5.74) is 7.17. The fourth-order valence-corrected chi connectivity index (χ4v) is 6.32. The largest absolute Gasteiger partial charge is 0.368 e. The monoisotopic (exact) mass is 413 g/mol. The lowest BCUT2D eigenvalue weighted by Gasteiger charge is -2.38. The van der Waals surface area contributed by atoms with Gasteiger partial charge in [-0.1, -0.05) is 48.5 Å². The molecule has 2 heterocycles. The van der Waals surface area contributed by atoms with Crippen LogP contribution >= 0.6 is 0 Å². The molecule has 29 heavy (non-hydrogen) atoms. The highest BCUT2D eigenvalue weighted by Gasteiger charge is 2.38. The summed E-state index contributed by atoms with van der Waals surface area (Å²) in [7, 11) is -3.59. The van der Waals surface area contributed by atoms with E-state index in [1.54, 1.807) is 16.4 Å². The minimum Gasteiger partial charge on any atom is -0.368 e. The average molecular weight is 414 g/mol. The maximum absolute atomic E-state index is 13.4. The van der Waals surface area contributed by atoms with E-state index in [0.29, 0.717) is 18.0 Å². The number of amides is 1. The Morgan fingerprint density at radius 2 is 1.55 bits per heavy atom. The molecule has 0 spiro atoms. The molecule has 1 unspecified atom stereocenters. The zero-order chi connectivity index (χ0) is 20.4. The summed E-state index contributed by atoms with van der Waals surface area (Å²) >= 11 is 0. The molecule has 154 valence electrons. The molecule has 1 atom stereocenters. The molecule has 2 aliphatic rings. The van der Waals surface area contributed by atoms with Crippen molar-refractivity contribution in [1.29, 1.82) is 0 Å². The van der Waals surface area contributed by atoms with Gasteiger partial charge in [0.05, 0.1) is 10.9 Å². The number of likely N-dealkylation sites (tertiary alicyclic amines) is 1. The molecule has 2 aromatic rings. The molecule has 2 aliphatic heterocycles. The van der Waals surface area contributed by atoms with Crippen LogP contribution in [-0.4, -0.2) is 55.2 Å². The summed E-state index contributed by atoms with van der Waals surface area (Å²) in [4.78, 5) is 14.2. The third-order valence-electron chi connectivity index (χ3n) is 6.10. The van der Waals surface area contributed by atoms with Gasteiger partial charge < -0.3 is 5.73 Å². The number of primary amides is 1. The quantitative estimate of drug-likeness (QED) is 0.816. The van der Waals surface area contributed by atoms with Gasteiger partial charge >= 0.3 is 0 Å². The molecular formula is C22H27N3O3S. The number of hydrogen-bond acceptors (Lipinski definition) is 4. The van der Waals surface area contributed by atoms with Crippen molar-refractivity contribution in [3.8, 4) is 11.1 Å². The van der Waals surface area contributed by atoms with Crippen LogP contribution in [0.4, 0.5) is 0 Å². The molecule has 0 aromatic heterocycles. The van der Waals surface area contributed by atoms with E-state index in [9.17, 15) is 13.2 Å². The van der Waals surface area contributed by atoms with Crippen LogP contribution in [0.3, 0.4) is 0 Å². The van der Waals surface area contributed by atoms with E-state index in [2.05, 4.69) is 4.90 Å². The molecule has 2 aromatic carbocycles. The number of nitrogens with two attached hydrogens (primary N) is 1. The molecule has 1 amide bonds. The van der Waals surface area contributed by atoms with Gasteiger partial charge in [0.1, 0.15) is 0 Å². The van der Waals surface area contributed by atoms with Crippen LogP contribution in [0.1, 0.15) is 25.7 Å². The molecule has 0 saturated carbocycles. The maximum atomic E-state index is 13.4. The lowest BCUT2D eigenvalue weighted by atomic mass is 10.0. The second-order valence-electron chi connectivity index (χ2n) is 7.80. The van der Waals surface area contributed by atoms with Crippen LogP contribution in [0.25, 0.3) is 11.1 Å². The summed E-state index contributed by atoms with van der Waals surface area (Å²) in [6.07, 6.45) is 3.21. The van der Waals surface area contributed by atoms with Gasteiger partial charge in [0.2, 0.25) is 15.9 Å². The number of carbonyl (C=O) groups is 1. The normalized spacial score (nSPS) is 22.0. The summed E-state index contributed by atoms with van der Waals surface area (Å²) < 4.78 is 28.4. The highest BCUT2D eigenvalue weighted by Crippen LogP contribution is 2.32. The summed E-state index contributed by atoms with van der Waals surface area (Å²) in [5.74, 6) is -0.269. The van der Waals surface area contributed by atoms with Crippen LogP contribution < -0.4 is 5.73 Å². The lowest BCUT2D eigenvalue weighted by Crippen LogP contribution is -2.51. The Kier molecular flexibility index (Phi) is 5.72. The topological polar surface area (TPSA) is 83.7 Å². The molecule has 0 aliphatic carbocycles. The Hall–Kier alpha value is -2.22. The Labute approximate surface area is 172 Å². The van der Waals surface area contributed by atoms with Crippen molar-refractivity contribution in [3.05, 3.63) is 54.6 Å². The van der Waals surface area contributed by atoms with Crippen molar-refractivity contribution in [1.82, 2.24) is 9.21 Å². The van der Waals surface area contributed by atoms with E-state index >= 15 is 0 Å². The highest BCUT2D eigenvalue weighted by atomic mass is 32.2. The van der Waals surface area contributed by atoms with Gasteiger partial charge in [-0.3, -0.25) is 9.69 Å². The van der Waals surface area contributed by atoms with Crippen molar-refractivity contribution in [2.75, 3.05) is 19.6 Å². The van der Waals surface area contributed by atoms with E-state index < -0.39 is 10.0 Å². The molecule has 4 rings (SSSR count). The molecule has 0 bridgehead atoms. The maximum Gasteiger partial charge on any atom is 0.243 e. The van der Waals surface area contributed by atoms with E-state index in [0.717, 1.165) is 43.4 Å². The first-order valence-electron chi connectivity index (χ1n) is 10.2. The smallest absolute Gasteiger partial charge is 0.243 e. The molecule has 6 nitrogen and oxygen atoms in total. The van der Waals surface area contributed by atoms with E-state index in [-0.39, 0.29) is 18.0 Å². The molecule has 2 N–H and O–H groups in total. The van der Waals surface area contributed by atoms with E-state index in [4.69, 9.17) is 5.73 Å². The van der Waals surface area contributed by atoms with Crippen molar-refractivity contribution in [3.63, 3.8) is 0 Å². The number of benzene rings is 2. The Morgan fingerprint density at radius 3 is 2.24 bits per heavy atom. The zero-order valence-corrected chi connectivity index (χ0v) is 17.2. The van der Waals surface area contributed by atoms with Gasteiger partial charge in [-0.15, -0.1) is 0 Å². The van der Waals surface area contributed by atoms with Crippen molar-refractivity contribution >= 4 is 15.9 Å². The number of rotatable bonds is 5. The first-order valence-corrected chi connectivity index (χ1v) is 11.6. The minimum atomic E-state index is -3.59. The van der Waals surface area contributed by atoms with Crippen molar-refractivity contribution < 1.29 is 13.2 Å². The number of hydrogen-bond donors (Lipinski definition) is 1. The van der Waals surface area contributed by atoms with Gasteiger partial charge in [-0.05, 0) is 43.9 Å². The van der Waals surface area contributed by atoms with E-state index in [1.807, 2.05) is 42.5 Å². The van der Waals surface area contributed by atoms with Crippen LogP contribution in [0.2, 0.25) is 0 Å². The summed E-state index contributed by atoms with van der Waals surface area (Å²) in [6.45, 7) is 1.78. The van der Waals surface area contributed by atoms with E-state index in [1.165, 1.54) is 0 Å². The third-order valence-corrected chi connectivity index (χ3v) is 8.06. The van der Waals surface area contributed by atoms with Crippen LogP contribution in [-0.2, 0) is 14.8 Å². The van der Waals surface area contributed by atoms with Crippen LogP contribution in [0.15, 0.2) is 59.5 Å².